The van der Waals surface area contributed by atoms with Gasteiger partial charge in [0.25, 0.3) is 0 Å². The predicted molar refractivity (Wildman–Crippen MR) is 67.9 cm³/mol. The first-order valence-electron chi connectivity index (χ1n) is 5.83. The summed E-state index contributed by atoms with van der Waals surface area (Å²) in [6.45, 7) is 1.02. The molecule has 5 nitrogen and oxygen atoms in total. The fourth-order valence-electron chi connectivity index (χ4n) is 2.37. The largest absolute Gasteiger partial charge is 0.396 e. The maximum atomic E-state index is 9.23. The van der Waals surface area contributed by atoms with Crippen molar-refractivity contribution in [3.05, 3.63) is 11.5 Å². The fraction of sp³-hybridized carbons (Fsp3) is 0.636. The van der Waals surface area contributed by atoms with Gasteiger partial charge in [-0.1, -0.05) is 18.0 Å². The van der Waals surface area contributed by atoms with Gasteiger partial charge in [-0.3, -0.25) is 0 Å². The number of halogens is 1. The Balaban J connectivity index is 1.95. The third kappa shape index (κ3) is 2.79. The van der Waals surface area contributed by atoms with E-state index in [0.29, 0.717) is 23.3 Å². The maximum absolute atomic E-state index is 9.23. The van der Waals surface area contributed by atoms with Crippen molar-refractivity contribution in [1.82, 2.24) is 9.97 Å². The summed E-state index contributed by atoms with van der Waals surface area (Å²) < 4.78 is 0. The first kappa shape index (κ1) is 12.4. The molecule has 0 aromatic carbocycles. The highest BCUT2D eigenvalue weighted by Gasteiger charge is 2.26. The summed E-state index contributed by atoms with van der Waals surface area (Å²) in [6.07, 6.45) is 4.80. The molecule has 2 atom stereocenters. The average Bonchev–Trinajstić information content (AvgIpc) is 2.78. The summed E-state index contributed by atoms with van der Waals surface area (Å²) in [7, 11) is 0. The first-order chi connectivity index (χ1) is 8.22. The topological polar surface area (TPSA) is 84.1 Å². The van der Waals surface area contributed by atoms with Crippen molar-refractivity contribution < 1.29 is 5.11 Å². The molecule has 1 aromatic rings. The summed E-state index contributed by atoms with van der Waals surface area (Å²) in [4.78, 5) is 7.86. The zero-order valence-corrected chi connectivity index (χ0v) is 10.3. The Labute approximate surface area is 105 Å². The molecule has 0 radical (unpaired) electrons. The normalized spacial score (nSPS) is 23.9. The fourth-order valence-corrected chi connectivity index (χ4v) is 2.50. The van der Waals surface area contributed by atoms with Gasteiger partial charge in [0.15, 0.2) is 11.0 Å². The van der Waals surface area contributed by atoms with Gasteiger partial charge < -0.3 is 16.2 Å². The number of aromatic nitrogens is 2. The molecule has 0 bridgehead atoms. The molecule has 2 rings (SSSR count). The molecule has 1 aliphatic rings. The lowest BCUT2D eigenvalue weighted by Gasteiger charge is -2.18. The van der Waals surface area contributed by atoms with Gasteiger partial charge in [-0.15, -0.1) is 0 Å². The number of nitrogens with two attached hydrogens (primary N) is 1. The van der Waals surface area contributed by atoms with Crippen LogP contribution in [0.15, 0.2) is 6.33 Å². The van der Waals surface area contributed by atoms with Crippen LogP contribution in [0.25, 0.3) is 0 Å². The molecule has 1 aliphatic carbocycles. The number of aliphatic hydroxyl groups excluding tert-OH is 1. The number of hydrogen-bond acceptors (Lipinski definition) is 5. The lowest BCUT2D eigenvalue weighted by molar-refractivity contribution is 0.199. The van der Waals surface area contributed by atoms with E-state index in [2.05, 4.69) is 15.3 Å². The van der Waals surface area contributed by atoms with Crippen molar-refractivity contribution in [3.63, 3.8) is 0 Å². The summed E-state index contributed by atoms with van der Waals surface area (Å²) in [5.41, 5.74) is 6.15. The third-order valence-corrected chi connectivity index (χ3v) is 3.72. The number of nitrogens with one attached hydrogen (secondary N) is 1. The highest BCUT2D eigenvalue weighted by atomic mass is 35.5. The Hall–Kier alpha value is -1.07. The van der Waals surface area contributed by atoms with E-state index in [9.17, 15) is 5.11 Å². The predicted octanol–water partition coefficient (Wildman–Crippen LogP) is 1.53. The van der Waals surface area contributed by atoms with Crippen LogP contribution in [0.5, 0.6) is 0 Å². The molecule has 17 heavy (non-hydrogen) atoms. The van der Waals surface area contributed by atoms with Crippen molar-refractivity contribution in [1.29, 1.82) is 0 Å². The summed E-state index contributed by atoms with van der Waals surface area (Å²) in [5.74, 6) is 1.45. The summed E-state index contributed by atoms with van der Waals surface area (Å²) >= 11 is 5.81. The van der Waals surface area contributed by atoms with Gasteiger partial charge in [0, 0.05) is 13.2 Å². The second-order valence-corrected chi connectivity index (χ2v) is 4.80. The van der Waals surface area contributed by atoms with E-state index >= 15 is 0 Å². The number of anilines is 2. The Morgan fingerprint density at radius 3 is 2.94 bits per heavy atom. The van der Waals surface area contributed by atoms with Crippen LogP contribution in [0.4, 0.5) is 11.5 Å². The van der Waals surface area contributed by atoms with Gasteiger partial charge in [-0.05, 0) is 24.7 Å². The zero-order chi connectivity index (χ0) is 12.3. The van der Waals surface area contributed by atoms with E-state index in [4.69, 9.17) is 17.3 Å². The number of aliphatic hydroxyl groups is 1. The molecule has 0 saturated heterocycles. The Morgan fingerprint density at radius 2 is 2.18 bits per heavy atom. The van der Waals surface area contributed by atoms with Crippen LogP contribution < -0.4 is 11.1 Å². The summed E-state index contributed by atoms with van der Waals surface area (Å²) in [5, 5.41) is 12.7. The molecule has 1 saturated carbocycles. The van der Waals surface area contributed by atoms with E-state index in [0.717, 1.165) is 19.4 Å². The van der Waals surface area contributed by atoms with Crippen LogP contribution in [0, 0.1) is 11.8 Å². The molecular formula is C11H17ClN4O. The summed E-state index contributed by atoms with van der Waals surface area (Å²) in [6, 6.07) is 0. The molecule has 94 valence electrons. The highest BCUT2D eigenvalue weighted by molar-refractivity contribution is 6.32. The monoisotopic (exact) mass is 256 g/mol. The van der Waals surface area contributed by atoms with Gasteiger partial charge in [0.2, 0.25) is 0 Å². The number of nitrogen functional groups attached to an aromatic ring is 1. The van der Waals surface area contributed by atoms with Gasteiger partial charge in [0.05, 0.1) is 0 Å². The number of hydrogen-bond donors (Lipinski definition) is 3. The number of nitrogens with zero attached hydrogens (tertiary/aromatic N) is 2. The van der Waals surface area contributed by atoms with E-state index in [1.807, 2.05) is 0 Å². The third-order valence-electron chi connectivity index (χ3n) is 3.42. The van der Waals surface area contributed by atoms with E-state index in [-0.39, 0.29) is 11.8 Å². The van der Waals surface area contributed by atoms with Crippen molar-refractivity contribution in [3.8, 4) is 0 Å². The Kier molecular flexibility index (Phi) is 4.02. The quantitative estimate of drug-likeness (QED) is 0.712. The highest BCUT2D eigenvalue weighted by Crippen LogP contribution is 2.32. The lowest BCUT2D eigenvalue weighted by Crippen LogP contribution is -2.21. The Morgan fingerprint density at radius 1 is 1.41 bits per heavy atom. The van der Waals surface area contributed by atoms with Gasteiger partial charge in [-0.2, -0.15) is 0 Å². The molecule has 1 heterocycles. The van der Waals surface area contributed by atoms with E-state index < -0.39 is 0 Å². The molecule has 1 fully saturated rings. The van der Waals surface area contributed by atoms with Gasteiger partial charge in [0.1, 0.15) is 12.0 Å². The van der Waals surface area contributed by atoms with E-state index in [1.165, 1.54) is 12.7 Å². The number of rotatable bonds is 4. The van der Waals surface area contributed by atoms with Gasteiger partial charge >= 0.3 is 0 Å². The van der Waals surface area contributed by atoms with Crippen LogP contribution >= 0.6 is 11.6 Å². The van der Waals surface area contributed by atoms with Crippen molar-refractivity contribution >= 4 is 23.1 Å². The van der Waals surface area contributed by atoms with Crippen molar-refractivity contribution in [2.45, 2.75) is 19.3 Å². The minimum absolute atomic E-state index is 0.256. The first-order valence-corrected chi connectivity index (χ1v) is 6.21. The van der Waals surface area contributed by atoms with Crippen molar-refractivity contribution in [2.24, 2.45) is 11.8 Å². The molecule has 0 amide bonds. The minimum Gasteiger partial charge on any atom is -0.396 e. The lowest BCUT2D eigenvalue weighted by atomic mass is 9.97. The maximum Gasteiger partial charge on any atom is 0.157 e. The smallest absolute Gasteiger partial charge is 0.157 e. The van der Waals surface area contributed by atoms with Gasteiger partial charge in [-0.25, -0.2) is 9.97 Å². The standard InChI is InChI=1S/C11H17ClN4O/c12-10-9(13)11(16-6-15-10)14-4-7-2-1-3-8(7)5-17/h6-8,17H,1-5,13H2,(H,14,15,16)/t7-,8+/m0/s1. The van der Waals surface area contributed by atoms with Crippen molar-refractivity contribution in [2.75, 3.05) is 24.2 Å². The molecule has 0 spiro atoms. The zero-order valence-electron chi connectivity index (χ0n) is 9.56. The Bertz CT molecular complexity index is 388. The van der Waals surface area contributed by atoms with Crippen LogP contribution in [0.1, 0.15) is 19.3 Å². The molecule has 1 aromatic heterocycles. The molecular weight excluding hydrogens is 240 g/mol. The molecule has 0 unspecified atom stereocenters. The molecule has 0 aliphatic heterocycles. The van der Waals surface area contributed by atoms with E-state index in [1.54, 1.807) is 0 Å². The second kappa shape index (κ2) is 5.51. The molecule has 4 N–H and O–H groups in total. The van der Waals surface area contributed by atoms with Crippen LogP contribution in [-0.4, -0.2) is 28.2 Å². The molecule has 6 heteroatoms. The second-order valence-electron chi connectivity index (χ2n) is 4.44. The van der Waals surface area contributed by atoms with Crippen LogP contribution in [0.3, 0.4) is 0 Å². The average molecular weight is 257 g/mol. The minimum atomic E-state index is 0.256. The van der Waals surface area contributed by atoms with Crippen LogP contribution in [0.2, 0.25) is 5.15 Å². The van der Waals surface area contributed by atoms with Crippen LogP contribution in [-0.2, 0) is 0 Å². The SMILES string of the molecule is Nc1c(Cl)ncnc1NC[C@@H]1CCC[C@@H]1CO.